The van der Waals surface area contributed by atoms with Gasteiger partial charge in [0.2, 0.25) is 0 Å². The molecule has 142 valence electrons. The van der Waals surface area contributed by atoms with Crippen molar-refractivity contribution in [3.8, 4) is 5.69 Å². The molecule has 4 nitrogen and oxygen atoms in total. The van der Waals surface area contributed by atoms with Gasteiger partial charge in [-0.1, -0.05) is 0 Å². The van der Waals surface area contributed by atoms with E-state index in [0.29, 0.717) is 11.6 Å². The molecule has 3 heterocycles. The van der Waals surface area contributed by atoms with Gasteiger partial charge < -0.3 is 9.30 Å². The normalized spacial score (nSPS) is 16.9. The minimum Gasteiger partial charge on any atom is -0.381 e. The Morgan fingerprint density at radius 1 is 1.23 bits per heavy atom. The standard InChI is InChI=1S/C19H24F3N3O/c1-2-26-14-15-6-10-24(11-7-15)13-17-4-3-9-25(17)16-5-8-23-18(12-16)19(20,21)22/h3-5,8-9,12,15H,2,6-7,10-11,13-14H2,1H3. The van der Waals surface area contributed by atoms with Gasteiger partial charge in [-0.2, -0.15) is 13.2 Å². The van der Waals surface area contributed by atoms with Crippen LogP contribution in [0, 0.1) is 5.92 Å². The molecule has 1 aliphatic rings. The zero-order chi connectivity index (χ0) is 18.6. The molecule has 0 aliphatic carbocycles. The number of rotatable bonds is 6. The maximum absolute atomic E-state index is 12.9. The molecular weight excluding hydrogens is 343 g/mol. The lowest BCUT2D eigenvalue weighted by atomic mass is 9.98. The zero-order valence-corrected chi connectivity index (χ0v) is 14.9. The van der Waals surface area contributed by atoms with E-state index < -0.39 is 11.9 Å². The molecule has 0 bridgehead atoms. The first-order valence-corrected chi connectivity index (χ1v) is 8.97. The molecule has 7 heteroatoms. The second-order valence-electron chi connectivity index (χ2n) is 6.65. The SMILES string of the molecule is CCOCC1CCN(Cc2cccn2-c2ccnc(C(F)(F)F)c2)CC1. The first-order chi connectivity index (χ1) is 12.5. The van der Waals surface area contributed by atoms with Gasteiger partial charge in [0, 0.05) is 43.5 Å². The zero-order valence-electron chi connectivity index (χ0n) is 14.9. The van der Waals surface area contributed by atoms with Crippen LogP contribution in [0.15, 0.2) is 36.7 Å². The highest BCUT2D eigenvalue weighted by Gasteiger charge is 2.32. The molecule has 0 aromatic carbocycles. The van der Waals surface area contributed by atoms with Crippen LogP contribution in [0.5, 0.6) is 0 Å². The summed E-state index contributed by atoms with van der Waals surface area (Å²) in [5.74, 6) is 0.604. The Bertz CT molecular complexity index is 706. The number of likely N-dealkylation sites (tertiary alicyclic amines) is 1. The van der Waals surface area contributed by atoms with Crippen molar-refractivity contribution in [1.82, 2.24) is 14.5 Å². The highest BCUT2D eigenvalue weighted by Crippen LogP contribution is 2.29. The average molecular weight is 367 g/mol. The number of hydrogen-bond donors (Lipinski definition) is 0. The Morgan fingerprint density at radius 3 is 2.69 bits per heavy atom. The average Bonchev–Trinajstić information content (AvgIpc) is 3.09. The van der Waals surface area contributed by atoms with Crippen LogP contribution >= 0.6 is 0 Å². The van der Waals surface area contributed by atoms with Crippen molar-refractivity contribution < 1.29 is 17.9 Å². The number of aromatic nitrogens is 2. The predicted octanol–water partition coefficient (Wildman–Crippen LogP) is 4.14. The van der Waals surface area contributed by atoms with Crippen LogP contribution in [0.2, 0.25) is 0 Å². The first kappa shape index (κ1) is 18.9. The lowest BCUT2D eigenvalue weighted by Crippen LogP contribution is -2.35. The minimum atomic E-state index is -4.44. The molecule has 1 aliphatic heterocycles. The van der Waals surface area contributed by atoms with Crippen molar-refractivity contribution in [1.29, 1.82) is 0 Å². The molecule has 0 unspecified atom stereocenters. The highest BCUT2D eigenvalue weighted by molar-refractivity contribution is 5.36. The Balaban J connectivity index is 1.67. The van der Waals surface area contributed by atoms with Gasteiger partial charge in [0.15, 0.2) is 0 Å². The number of hydrogen-bond acceptors (Lipinski definition) is 3. The van der Waals surface area contributed by atoms with Crippen LogP contribution in [0.1, 0.15) is 31.2 Å². The number of halogens is 3. The molecule has 3 rings (SSSR count). The van der Waals surface area contributed by atoms with Crippen molar-refractivity contribution in [2.45, 2.75) is 32.5 Å². The summed E-state index contributed by atoms with van der Waals surface area (Å²) in [4.78, 5) is 5.79. The Labute approximate surface area is 151 Å². The molecule has 0 radical (unpaired) electrons. The fourth-order valence-corrected chi connectivity index (χ4v) is 3.35. The van der Waals surface area contributed by atoms with Crippen LogP contribution in [-0.4, -0.2) is 40.8 Å². The molecule has 1 fully saturated rings. The summed E-state index contributed by atoms with van der Waals surface area (Å²) < 4.78 is 46.1. The number of ether oxygens (including phenoxy) is 1. The fourth-order valence-electron chi connectivity index (χ4n) is 3.35. The van der Waals surface area contributed by atoms with Gasteiger partial charge in [0.25, 0.3) is 0 Å². The molecule has 0 saturated carbocycles. The van der Waals surface area contributed by atoms with Crippen molar-refractivity contribution >= 4 is 0 Å². The van der Waals surface area contributed by atoms with E-state index in [4.69, 9.17) is 4.74 Å². The molecular formula is C19H24F3N3O. The minimum absolute atomic E-state index is 0.485. The lowest BCUT2D eigenvalue weighted by Gasteiger charge is -2.32. The number of pyridine rings is 1. The lowest BCUT2D eigenvalue weighted by molar-refractivity contribution is -0.141. The second kappa shape index (κ2) is 8.22. The Hall–Kier alpha value is -1.86. The van der Waals surface area contributed by atoms with Crippen molar-refractivity contribution in [3.63, 3.8) is 0 Å². The van der Waals surface area contributed by atoms with Crippen LogP contribution in [0.4, 0.5) is 13.2 Å². The van der Waals surface area contributed by atoms with Crippen LogP contribution in [0.3, 0.4) is 0 Å². The third-order valence-electron chi connectivity index (χ3n) is 4.80. The van der Waals surface area contributed by atoms with E-state index in [9.17, 15) is 13.2 Å². The molecule has 0 spiro atoms. The molecule has 26 heavy (non-hydrogen) atoms. The van der Waals surface area contributed by atoms with E-state index >= 15 is 0 Å². The summed E-state index contributed by atoms with van der Waals surface area (Å²) >= 11 is 0. The third-order valence-corrected chi connectivity index (χ3v) is 4.80. The van der Waals surface area contributed by atoms with Gasteiger partial charge in [-0.3, -0.25) is 9.88 Å². The van der Waals surface area contributed by atoms with Crippen LogP contribution < -0.4 is 0 Å². The monoisotopic (exact) mass is 367 g/mol. The summed E-state index contributed by atoms with van der Waals surface area (Å²) in [6.07, 6.45) is 0.752. The van der Waals surface area contributed by atoms with Gasteiger partial charge in [0.1, 0.15) is 5.69 Å². The smallest absolute Gasteiger partial charge is 0.381 e. The van der Waals surface area contributed by atoms with Gasteiger partial charge in [-0.15, -0.1) is 0 Å². The molecule has 2 aromatic heterocycles. The quantitative estimate of drug-likeness (QED) is 0.769. The Morgan fingerprint density at radius 2 is 2.00 bits per heavy atom. The molecule has 0 N–H and O–H groups in total. The van der Waals surface area contributed by atoms with Gasteiger partial charge in [0.05, 0.1) is 0 Å². The highest BCUT2D eigenvalue weighted by atomic mass is 19.4. The van der Waals surface area contributed by atoms with E-state index in [2.05, 4.69) is 9.88 Å². The molecule has 0 atom stereocenters. The predicted molar refractivity (Wildman–Crippen MR) is 93.1 cm³/mol. The number of piperidine rings is 1. The van der Waals surface area contributed by atoms with Crippen molar-refractivity contribution in [3.05, 3.63) is 48.0 Å². The van der Waals surface area contributed by atoms with E-state index in [1.807, 2.05) is 23.6 Å². The van der Waals surface area contributed by atoms with E-state index in [-0.39, 0.29) is 0 Å². The maximum atomic E-state index is 12.9. The second-order valence-corrected chi connectivity index (χ2v) is 6.65. The topological polar surface area (TPSA) is 30.3 Å². The summed E-state index contributed by atoms with van der Waals surface area (Å²) in [6, 6.07) is 6.52. The molecule has 1 saturated heterocycles. The number of alkyl halides is 3. The maximum Gasteiger partial charge on any atom is 0.433 e. The van der Waals surface area contributed by atoms with Crippen molar-refractivity contribution in [2.75, 3.05) is 26.3 Å². The number of nitrogens with zero attached hydrogens (tertiary/aromatic N) is 3. The fraction of sp³-hybridized carbons (Fsp3) is 0.526. The van der Waals surface area contributed by atoms with Crippen LogP contribution in [-0.2, 0) is 17.5 Å². The van der Waals surface area contributed by atoms with Gasteiger partial charge in [-0.05, 0) is 63.0 Å². The van der Waals surface area contributed by atoms with Gasteiger partial charge >= 0.3 is 6.18 Å². The molecule has 0 amide bonds. The third kappa shape index (κ3) is 4.65. The van der Waals surface area contributed by atoms with Crippen LogP contribution in [0.25, 0.3) is 5.69 Å². The van der Waals surface area contributed by atoms with Gasteiger partial charge in [-0.25, -0.2) is 0 Å². The van der Waals surface area contributed by atoms with E-state index in [1.54, 1.807) is 12.3 Å². The summed E-state index contributed by atoms with van der Waals surface area (Å²) in [7, 11) is 0. The summed E-state index contributed by atoms with van der Waals surface area (Å²) in [5, 5.41) is 0. The summed E-state index contributed by atoms with van der Waals surface area (Å²) in [6.45, 7) is 6.25. The van der Waals surface area contributed by atoms with E-state index in [1.165, 1.54) is 6.20 Å². The van der Waals surface area contributed by atoms with Crippen molar-refractivity contribution in [2.24, 2.45) is 5.92 Å². The Kier molecular flexibility index (Phi) is 5.98. The largest absolute Gasteiger partial charge is 0.433 e. The summed E-state index contributed by atoms with van der Waals surface area (Å²) in [5.41, 5.74) is 0.595. The first-order valence-electron chi connectivity index (χ1n) is 8.97. The molecule has 2 aromatic rings. The van der Waals surface area contributed by atoms with E-state index in [0.717, 1.165) is 57.4 Å².